The number of hydrogen-bond acceptors (Lipinski definition) is 2. The van der Waals surface area contributed by atoms with Gasteiger partial charge in [0.05, 0.1) is 5.71 Å². The van der Waals surface area contributed by atoms with Crippen LogP contribution in [0.5, 0.6) is 0 Å². The molecular formula is C10H11ClN2O. The summed E-state index contributed by atoms with van der Waals surface area (Å²) in [5.74, 6) is -0.382. The fourth-order valence-corrected chi connectivity index (χ4v) is 0.980. The molecule has 0 fully saturated rings. The molecule has 0 heterocycles. The Hall–Kier alpha value is -1.35. The van der Waals surface area contributed by atoms with Crippen LogP contribution in [-0.4, -0.2) is 17.5 Å². The molecule has 1 aromatic rings. The van der Waals surface area contributed by atoms with Crippen LogP contribution in [-0.2, 0) is 4.79 Å². The molecule has 4 heteroatoms. The average molecular weight is 211 g/mol. The van der Waals surface area contributed by atoms with Crippen molar-refractivity contribution in [3.63, 3.8) is 0 Å². The summed E-state index contributed by atoms with van der Waals surface area (Å²) >= 11 is 5.30. The van der Waals surface area contributed by atoms with E-state index in [0.717, 1.165) is 11.3 Å². The summed E-state index contributed by atoms with van der Waals surface area (Å²) in [4.78, 5) is 10.8. The van der Waals surface area contributed by atoms with Crippen LogP contribution in [0.15, 0.2) is 35.4 Å². The topological polar surface area (TPSA) is 41.5 Å². The molecule has 1 rings (SSSR count). The molecule has 0 saturated carbocycles. The second-order valence-electron chi connectivity index (χ2n) is 2.73. The second kappa shape index (κ2) is 5.40. The standard InChI is InChI=1S/C10H11ClN2O/c1-8(12-13-10(14)7-11)9-5-3-2-4-6-9/h2-6H,7H2,1H3,(H,13,14)/b12-8-. The lowest BCUT2D eigenvalue weighted by molar-refractivity contribution is -0.118. The van der Waals surface area contributed by atoms with E-state index in [4.69, 9.17) is 11.6 Å². The van der Waals surface area contributed by atoms with Crippen molar-refractivity contribution in [3.05, 3.63) is 35.9 Å². The quantitative estimate of drug-likeness (QED) is 0.461. The molecule has 0 bridgehead atoms. The number of carbonyl (C=O) groups is 1. The molecule has 0 radical (unpaired) electrons. The molecule has 1 N–H and O–H groups in total. The molecule has 0 spiro atoms. The number of rotatable bonds is 3. The maximum Gasteiger partial charge on any atom is 0.254 e. The van der Waals surface area contributed by atoms with Gasteiger partial charge in [-0.25, -0.2) is 5.43 Å². The van der Waals surface area contributed by atoms with Crippen molar-refractivity contribution in [1.82, 2.24) is 5.43 Å². The Kier molecular flexibility index (Phi) is 4.13. The zero-order valence-electron chi connectivity index (χ0n) is 7.83. The van der Waals surface area contributed by atoms with E-state index in [9.17, 15) is 4.79 Å². The van der Waals surface area contributed by atoms with E-state index in [1.807, 2.05) is 37.3 Å². The van der Waals surface area contributed by atoms with Crippen molar-refractivity contribution in [2.45, 2.75) is 6.92 Å². The van der Waals surface area contributed by atoms with Crippen molar-refractivity contribution in [3.8, 4) is 0 Å². The van der Waals surface area contributed by atoms with Crippen LogP contribution in [0.2, 0.25) is 0 Å². The molecule has 0 unspecified atom stereocenters. The highest BCUT2D eigenvalue weighted by molar-refractivity contribution is 6.27. The summed E-state index contributed by atoms with van der Waals surface area (Å²) in [7, 11) is 0. The maximum atomic E-state index is 10.8. The highest BCUT2D eigenvalue weighted by Crippen LogP contribution is 1.99. The molecule has 74 valence electrons. The minimum absolute atomic E-state index is 0.0778. The number of carbonyl (C=O) groups excluding carboxylic acids is 1. The SMILES string of the molecule is C/C(=N/NC(=O)CCl)c1ccccc1. The average Bonchev–Trinajstić information content (AvgIpc) is 2.26. The molecule has 0 aromatic heterocycles. The largest absolute Gasteiger partial charge is 0.272 e. The Morgan fingerprint density at radius 3 is 2.64 bits per heavy atom. The van der Waals surface area contributed by atoms with Crippen molar-refractivity contribution < 1.29 is 4.79 Å². The summed E-state index contributed by atoms with van der Waals surface area (Å²) in [6.07, 6.45) is 0. The van der Waals surface area contributed by atoms with Crippen molar-refractivity contribution in [2.75, 3.05) is 5.88 Å². The van der Waals surface area contributed by atoms with Crippen molar-refractivity contribution in [1.29, 1.82) is 0 Å². The van der Waals surface area contributed by atoms with E-state index in [2.05, 4.69) is 10.5 Å². The Balaban J connectivity index is 2.66. The first-order valence-electron chi connectivity index (χ1n) is 4.18. The molecule has 1 aromatic carbocycles. The van der Waals surface area contributed by atoms with Crippen LogP contribution >= 0.6 is 11.6 Å². The number of benzene rings is 1. The number of nitrogens with one attached hydrogen (secondary N) is 1. The molecule has 3 nitrogen and oxygen atoms in total. The van der Waals surface area contributed by atoms with E-state index in [-0.39, 0.29) is 11.8 Å². The van der Waals surface area contributed by atoms with Gasteiger partial charge in [0.1, 0.15) is 5.88 Å². The fourth-order valence-electron chi connectivity index (χ4n) is 0.920. The van der Waals surface area contributed by atoms with Gasteiger partial charge in [-0.15, -0.1) is 11.6 Å². The predicted octanol–water partition coefficient (Wildman–Crippen LogP) is 1.77. The van der Waals surface area contributed by atoms with E-state index in [0.29, 0.717) is 0 Å². The molecule has 0 saturated heterocycles. The predicted molar refractivity (Wildman–Crippen MR) is 57.5 cm³/mol. The number of nitrogens with zero attached hydrogens (tertiary/aromatic N) is 1. The minimum Gasteiger partial charge on any atom is -0.272 e. The van der Waals surface area contributed by atoms with Gasteiger partial charge >= 0.3 is 0 Å². The summed E-state index contributed by atoms with van der Waals surface area (Å²) in [6.45, 7) is 1.82. The minimum atomic E-state index is -0.304. The third-order valence-electron chi connectivity index (χ3n) is 1.66. The van der Waals surface area contributed by atoms with Crippen LogP contribution in [0.3, 0.4) is 0 Å². The van der Waals surface area contributed by atoms with Gasteiger partial charge in [-0.1, -0.05) is 30.3 Å². The third kappa shape index (κ3) is 3.18. The van der Waals surface area contributed by atoms with Crippen molar-refractivity contribution in [2.24, 2.45) is 5.10 Å². The van der Waals surface area contributed by atoms with Gasteiger partial charge in [0.25, 0.3) is 5.91 Å². The van der Waals surface area contributed by atoms with E-state index in [1.54, 1.807) is 0 Å². The Morgan fingerprint density at radius 2 is 2.07 bits per heavy atom. The van der Waals surface area contributed by atoms with Gasteiger partial charge < -0.3 is 0 Å². The number of hydrogen-bond donors (Lipinski definition) is 1. The molecule has 0 aliphatic carbocycles. The number of alkyl halides is 1. The van der Waals surface area contributed by atoms with E-state index >= 15 is 0 Å². The summed E-state index contributed by atoms with van der Waals surface area (Å²) < 4.78 is 0. The summed E-state index contributed by atoms with van der Waals surface area (Å²) in [5, 5.41) is 3.90. The first-order chi connectivity index (χ1) is 6.74. The van der Waals surface area contributed by atoms with Gasteiger partial charge in [0, 0.05) is 0 Å². The van der Waals surface area contributed by atoms with Crippen LogP contribution in [0.25, 0.3) is 0 Å². The van der Waals surface area contributed by atoms with Gasteiger partial charge in [-0.05, 0) is 12.5 Å². The molecular weight excluding hydrogens is 200 g/mol. The van der Waals surface area contributed by atoms with Crippen molar-refractivity contribution >= 4 is 23.2 Å². The first-order valence-corrected chi connectivity index (χ1v) is 4.72. The highest BCUT2D eigenvalue weighted by atomic mass is 35.5. The zero-order chi connectivity index (χ0) is 10.4. The maximum absolute atomic E-state index is 10.8. The van der Waals surface area contributed by atoms with E-state index in [1.165, 1.54) is 0 Å². The smallest absolute Gasteiger partial charge is 0.254 e. The van der Waals surface area contributed by atoms with Crippen LogP contribution < -0.4 is 5.43 Å². The molecule has 0 aliphatic rings. The van der Waals surface area contributed by atoms with Crippen LogP contribution in [0, 0.1) is 0 Å². The monoisotopic (exact) mass is 210 g/mol. The Bertz CT molecular complexity index is 335. The van der Waals surface area contributed by atoms with E-state index < -0.39 is 0 Å². The summed E-state index contributed by atoms with van der Waals surface area (Å²) in [6, 6.07) is 9.60. The van der Waals surface area contributed by atoms with Crippen LogP contribution in [0.1, 0.15) is 12.5 Å². The molecule has 1 amide bonds. The van der Waals surface area contributed by atoms with Gasteiger partial charge in [0.15, 0.2) is 0 Å². The van der Waals surface area contributed by atoms with Crippen LogP contribution in [0.4, 0.5) is 0 Å². The normalized spacial score (nSPS) is 11.1. The number of halogens is 1. The number of amides is 1. The highest BCUT2D eigenvalue weighted by Gasteiger charge is 1.97. The zero-order valence-corrected chi connectivity index (χ0v) is 8.58. The third-order valence-corrected chi connectivity index (χ3v) is 1.90. The van der Waals surface area contributed by atoms with Gasteiger partial charge in [-0.2, -0.15) is 5.10 Å². The molecule has 0 atom stereocenters. The lowest BCUT2D eigenvalue weighted by atomic mass is 10.1. The fraction of sp³-hybridized carbons (Fsp3) is 0.200. The summed E-state index contributed by atoms with van der Waals surface area (Å²) in [5.41, 5.74) is 4.08. The van der Waals surface area contributed by atoms with Gasteiger partial charge in [-0.3, -0.25) is 4.79 Å². The molecule has 14 heavy (non-hydrogen) atoms. The Labute approximate surface area is 87.8 Å². The van der Waals surface area contributed by atoms with Gasteiger partial charge in [0.2, 0.25) is 0 Å². The molecule has 0 aliphatic heterocycles. The number of hydrazone groups is 1. The lowest BCUT2D eigenvalue weighted by Gasteiger charge is -2.00. The lowest BCUT2D eigenvalue weighted by Crippen LogP contribution is -2.20. The second-order valence-corrected chi connectivity index (χ2v) is 3.00. The first kappa shape index (κ1) is 10.7. The Morgan fingerprint density at radius 1 is 1.43 bits per heavy atom.